The molecule has 4 nitrogen and oxygen atoms in total. The molecule has 0 aliphatic heterocycles. The number of nitrogens with one attached hydrogen (secondary N) is 1. The van der Waals surface area contributed by atoms with Gasteiger partial charge in [-0.3, -0.25) is 4.90 Å². The summed E-state index contributed by atoms with van der Waals surface area (Å²) < 4.78 is 11.1. The minimum Gasteiger partial charge on any atom is -0.380 e. The molecule has 0 bridgehead atoms. The third-order valence-electron chi connectivity index (χ3n) is 3.89. The van der Waals surface area contributed by atoms with Crippen molar-refractivity contribution in [2.45, 2.75) is 52.6 Å². The highest BCUT2D eigenvalue weighted by Crippen LogP contribution is 2.20. The van der Waals surface area contributed by atoms with E-state index in [4.69, 9.17) is 9.47 Å². The van der Waals surface area contributed by atoms with Crippen LogP contribution in [0.15, 0.2) is 0 Å². The number of hydrogen-bond acceptors (Lipinski definition) is 4. The summed E-state index contributed by atoms with van der Waals surface area (Å²) in [5.41, 5.74) is 0. The quantitative estimate of drug-likeness (QED) is 0.526. The van der Waals surface area contributed by atoms with Gasteiger partial charge < -0.3 is 14.8 Å². The van der Waals surface area contributed by atoms with Crippen molar-refractivity contribution in [2.75, 3.05) is 46.1 Å². The molecule has 1 unspecified atom stereocenters. The number of nitrogens with zero attached hydrogens (tertiary/aromatic N) is 1. The van der Waals surface area contributed by atoms with Crippen molar-refractivity contribution in [1.29, 1.82) is 0 Å². The molecule has 4 heteroatoms. The summed E-state index contributed by atoms with van der Waals surface area (Å²) in [5, 5.41) is 3.68. The number of hydrogen-bond donors (Lipinski definition) is 1. The van der Waals surface area contributed by atoms with E-state index in [1.54, 1.807) is 0 Å². The molecule has 1 aliphatic carbocycles. The summed E-state index contributed by atoms with van der Waals surface area (Å²) in [5.74, 6) is 0.643. The van der Waals surface area contributed by atoms with Crippen LogP contribution in [0.4, 0.5) is 0 Å². The molecule has 1 fully saturated rings. The van der Waals surface area contributed by atoms with Crippen molar-refractivity contribution in [3.63, 3.8) is 0 Å². The zero-order valence-electron chi connectivity index (χ0n) is 13.9. The van der Waals surface area contributed by atoms with Crippen LogP contribution in [0.5, 0.6) is 0 Å². The summed E-state index contributed by atoms with van der Waals surface area (Å²) in [6.07, 6.45) is 2.70. The third kappa shape index (κ3) is 7.58. The van der Waals surface area contributed by atoms with E-state index < -0.39 is 0 Å². The van der Waals surface area contributed by atoms with Crippen LogP contribution in [-0.2, 0) is 9.47 Å². The van der Waals surface area contributed by atoms with Crippen LogP contribution in [0.3, 0.4) is 0 Å². The second-order valence-electron chi connectivity index (χ2n) is 5.92. The van der Waals surface area contributed by atoms with Gasteiger partial charge >= 0.3 is 0 Å². The smallest absolute Gasteiger partial charge is 0.0593 e. The van der Waals surface area contributed by atoms with Gasteiger partial charge in [-0.05, 0) is 32.6 Å². The van der Waals surface area contributed by atoms with Gasteiger partial charge in [0.05, 0.1) is 13.2 Å². The summed E-state index contributed by atoms with van der Waals surface area (Å²) in [6, 6.07) is 1.34. The molecule has 0 radical (unpaired) electrons. The first-order valence-corrected chi connectivity index (χ1v) is 8.31. The lowest BCUT2D eigenvalue weighted by molar-refractivity contribution is 0.0508. The predicted molar refractivity (Wildman–Crippen MR) is 84.2 cm³/mol. The van der Waals surface area contributed by atoms with Gasteiger partial charge in [0, 0.05) is 44.9 Å². The van der Waals surface area contributed by atoms with Gasteiger partial charge in [-0.2, -0.15) is 0 Å². The molecule has 0 amide bonds. The molecule has 20 heavy (non-hydrogen) atoms. The van der Waals surface area contributed by atoms with Gasteiger partial charge in [0.25, 0.3) is 0 Å². The molecule has 0 saturated heterocycles. The van der Waals surface area contributed by atoms with Crippen molar-refractivity contribution in [3.05, 3.63) is 0 Å². The number of ether oxygens (including phenoxy) is 2. The molecule has 0 heterocycles. The fraction of sp³-hybridized carbons (Fsp3) is 1.00. The SMILES string of the molecule is CCOCCN(CCOCC)C(CNC1CC1)C(C)C. The standard InChI is InChI=1S/C16H34N2O2/c1-5-19-11-9-18(10-12-20-6-2)16(14(3)4)13-17-15-7-8-15/h14-17H,5-13H2,1-4H3. The highest BCUT2D eigenvalue weighted by atomic mass is 16.5. The first kappa shape index (κ1) is 17.9. The molecule has 0 spiro atoms. The maximum atomic E-state index is 5.54. The lowest BCUT2D eigenvalue weighted by Crippen LogP contribution is -2.48. The minimum absolute atomic E-state index is 0.566. The molecule has 0 aromatic heterocycles. The molecule has 1 N–H and O–H groups in total. The Morgan fingerprint density at radius 3 is 2.00 bits per heavy atom. The zero-order chi connectivity index (χ0) is 14.8. The Labute approximate surface area is 125 Å². The van der Waals surface area contributed by atoms with E-state index in [2.05, 4.69) is 37.9 Å². The van der Waals surface area contributed by atoms with Crippen molar-refractivity contribution in [2.24, 2.45) is 5.92 Å². The van der Waals surface area contributed by atoms with Crippen LogP contribution in [0.25, 0.3) is 0 Å². The first-order valence-electron chi connectivity index (χ1n) is 8.31. The van der Waals surface area contributed by atoms with E-state index in [1.165, 1.54) is 12.8 Å². The Balaban J connectivity index is 2.43. The van der Waals surface area contributed by atoms with Gasteiger partial charge in [-0.1, -0.05) is 13.8 Å². The maximum absolute atomic E-state index is 5.54. The highest BCUT2D eigenvalue weighted by Gasteiger charge is 2.26. The van der Waals surface area contributed by atoms with E-state index in [9.17, 15) is 0 Å². The Morgan fingerprint density at radius 1 is 1.05 bits per heavy atom. The van der Waals surface area contributed by atoms with Gasteiger partial charge in [-0.25, -0.2) is 0 Å². The zero-order valence-corrected chi connectivity index (χ0v) is 13.9. The summed E-state index contributed by atoms with van der Waals surface area (Å²) in [7, 11) is 0. The monoisotopic (exact) mass is 286 g/mol. The molecule has 1 rings (SSSR count). The Morgan fingerprint density at radius 2 is 1.60 bits per heavy atom. The van der Waals surface area contributed by atoms with Crippen LogP contribution in [-0.4, -0.2) is 63.0 Å². The van der Waals surface area contributed by atoms with Crippen LogP contribution < -0.4 is 5.32 Å². The van der Waals surface area contributed by atoms with E-state index in [0.717, 1.165) is 52.1 Å². The lowest BCUT2D eigenvalue weighted by atomic mass is 10.0. The van der Waals surface area contributed by atoms with Crippen LogP contribution >= 0.6 is 0 Å². The second kappa shape index (κ2) is 10.6. The Kier molecular flexibility index (Phi) is 9.44. The van der Waals surface area contributed by atoms with E-state index in [-0.39, 0.29) is 0 Å². The molecular formula is C16H34N2O2. The fourth-order valence-corrected chi connectivity index (χ4v) is 2.46. The molecule has 1 atom stereocenters. The summed E-state index contributed by atoms with van der Waals surface area (Å²) >= 11 is 0. The normalized spacial score (nSPS) is 17.1. The summed E-state index contributed by atoms with van der Waals surface area (Å²) in [4.78, 5) is 2.53. The molecule has 0 aromatic carbocycles. The lowest BCUT2D eigenvalue weighted by Gasteiger charge is -2.34. The number of rotatable bonds is 13. The Hall–Kier alpha value is -0.160. The molecule has 1 saturated carbocycles. The average molecular weight is 286 g/mol. The maximum Gasteiger partial charge on any atom is 0.0593 e. The Bertz CT molecular complexity index is 223. The van der Waals surface area contributed by atoms with Crippen molar-refractivity contribution >= 4 is 0 Å². The van der Waals surface area contributed by atoms with Crippen LogP contribution in [0.1, 0.15) is 40.5 Å². The topological polar surface area (TPSA) is 33.7 Å². The molecule has 120 valence electrons. The van der Waals surface area contributed by atoms with E-state index >= 15 is 0 Å². The second-order valence-corrected chi connectivity index (χ2v) is 5.92. The van der Waals surface area contributed by atoms with Crippen molar-refractivity contribution in [3.8, 4) is 0 Å². The van der Waals surface area contributed by atoms with Gasteiger partial charge in [0.1, 0.15) is 0 Å². The van der Waals surface area contributed by atoms with Crippen LogP contribution in [0.2, 0.25) is 0 Å². The minimum atomic E-state index is 0.566. The third-order valence-corrected chi connectivity index (χ3v) is 3.89. The highest BCUT2D eigenvalue weighted by molar-refractivity contribution is 4.85. The van der Waals surface area contributed by atoms with E-state index in [0.29, 0.717) is 12.0 Å². The molecule has 1 aliphatic rings. The molecular weight excluding hydrogens is 252 g/mol. The van der Waals surface area contributed by atoms with Gasteiger partial charge in [0.2, 0.25) is 0 Å². The fourth-order valence-electron chi connectivity index (χ4n) is 2.46. The first-order chi connectivity index (χ1) is 9.69. The summed E-state index contributed by atoms with van der Waals surface area (Å²) in [6.45, 7) is 15.0. The predicted octanol–water partition coefficient (Wildman–Crippen LogP) is 2.14. The van der Waals surface area contributed by atoms with E-state index in [1.807, 2.05) is 0 Å². The van der Waals surface area contributed by atoms with Crippen molar-refractivity contribution < 1.29 is 9.47 Å². The van der Waals surface area contributed by atoms with Crippen LogP contribution in [0, 0.1) is 5.92 Å². The largest absolute Gasteiger partial charge is 0.380 e. The van der Waals surface area contributed by atoms with Crippen molar-refractivity contribution in [1.82, 2.24) is 10.2 Å². The van der Waals surface area contributed by atoms with Gasteiger partial charge in [-0.15, -0.1) is 0 Å². The average Bonchev–Trinajstić information content (AvgIpc) is 3.22. The van der Waals surface area contributed by atoms with Gasteiger partial charge in [0.15, 0.2) is 0 Å². The molecule has 0 aromatic rings.